The summed E-state index contributed by atoms with van der Waals surface area (Å²) >= 11 is 3.39. The van der Waals surface area contributed by atoms with Crippen LogP contribution in [0.25, 0.3) is 0 Å². The van der Waals surface area contributed by atoms with Gasteiger partial charge in [0.2, 0.25) is 11.8 Å². The van der Waals surface area contributed by atoms with E-state index in [4.69, 9.17) is 0 Å². The Kier molecular flexibility index (Phi) is 10.1. The Morgan fingerprint density at radius 3 is 1.95 bits per heavy atom. The van der Waals surface area contributed by atoms with Crippen LogP contribution < -0.4 is 9.62 Å². The zero-order valence-corrected chi connectivity index (χ0v) is 24.6. The Hall–Kier alpha value is -3.17. The monoisotopic (exact) mass is 599 g/mol. The van der Waals surface area contributed by atoms with Gasteiger partial charge >= 0.3 is 0 Å². The third kappa shape index (κ3) is 7.23. The van der Waals surface area contributed by atoms with Crippen LogP contribution in [0.3, 0.4) is 0 Å². The van der Waals surface area contributed by atoms with Crippen molar-refractivity contribution in [2.24, 2.45) is 0 Å². The van der Waals surface area contributed by atoms with Crippen LogP contribution in [-0.4, -0.2) is 44.3 Å². The zero-order valence-electron chi connectivity index (χ0n) is 22.1. The first-order chi connectivity index (χ1) is 18.1. The van der Waals surface area contributed by atoms with Gasteiger partial charge in [-0.25, -0.2) is 8.42 Å². The van der Waals surface area contributed by atoms with Gasteiger partial charge in [0.25, 0.3) is 10.0 Å². The molecule has 0 heterocycles. The van der Waals surface area contributed by atoms with Crippen molar-refractivity contribution in [3.63, 3.8) is 0 Å². The van der Waals surface area contributed by atoms with Gasteiger partial charge in [-0.05, 0) is 69.2 Å². The van der Waals surface area contributed by atoms with Crippen molar-refractivity contribution in [3.05, 3.63) is 94.0 Å². The predicted octanol–water partition coefficient (Wildman–Crippen LogP) is 5.20. The highest BCUT2D eigenvalue weighted by atomic mass is 79.9. The molecule has 3 rings (SSSR count). The zero-order chi connectivity index (χ0) is 27.9. The van der Waals surface area contributed by atoms with Crippen LogP contribution in [0.5, 0.6) is 0 Å². The fourth-order valence-corrected chi connectivity index (χ4v) is 5.75. The second-order valence-corrected chi connectivity index (χ2v) is 11.9. The van der Waals surface area contributed by atoms with Crippen molar-refractivity contribution in [2.45, 2.75) is 51.6 Å². The van der Waals surface area contributed by atoms with E-state index < -0.39 is 28.5 Å². The molecule has 3 aromatic carbocycles. The number of likely N-dealkylation sites (N-methyl/N-ethyl adjacent to an activating group) is 1. The molecule has 0 aliphatic heterocycles. The summed E-state index contributed by atoms with van der Waals surface area (Å²) in [5.41, 5.74) is 3.20. The standard InChI is InChI=1S/C29H34BrN3O4S/c1-5-27(29(35)31-6-2)32(19-23-11-7-21(3)8-12-23)28(34)20-33(25-15-13-24(30)14-16-25)38(36,37)26-17-9-22(4)10-18-26/h7-18,27H,5-6,19-20H2,1-4H3,(H,31,35)/t27-/m1/s1. The van der Waals surface area contributed by atoms with Gasteiger partial charge in [0.1, 0.15) is 12.6 Å². The summed E-state index contributed by atoms with van der Waals surface area (Å²) < 4.78 is 29.5. The number of hydrogen-bond acceptors (Lipinski definition) is 4. The van der Waals surface area contributed by atoms with E-state index in [0.29, 0.717) is 18.7 Å². The SMILES string of the molecule is CCNC(=O)[C@@H](CC)N(Cc1ccc(C)cc1)C(=O)CN(c1ccc(Br)cc1)S(=O)(=O)c1ccc(C)cc1. The van der Waals surface area contributed by atoms with E-state index in [1.54, 1.807) is 36.4 Å². The van der Waals surface area contributed by atoms with Crippen molar-refractivity contribution in [1.82, 2.24) is 10.2 Å². The molecule has 2 amide bonds. The van der Waals surface area contributed by atoms with E-state index in [-0.39, 0.29) is 17.3 Å². The summed E-state index contributed by atoms with van der Waals surface area (Å²) in [6.45, 7) is 7.65. The summed E-state index contributed by atoms with van der Waals surface area (Å²) in [6, 6.07) is 20.2. The lowest BCUT2D eigenvalue weighted by atomic mass is 10.1. The van der Waals surface area contributed by atoms with Crippen LogP contribution in [0.4, 0.5) is 5.69 Å². The van der Waals surface area contributed by atoms with Crippen LogP contribution in [0.1, 0.15) is 37.0 Å². The first-order valence-corrected chi connectivity index (χ1v) is 14.8. The molecule has 202 valence electrons. The van der Waals surface area contributed by atoms with Gasteiger partial charge in [0.15, 0.2) is 0 Å². The van der Waals surface area contributed by atoms with E-state index in [1.807, 2.05) is 52.0 Å². The maximum atomic E-state index is 13.9. The lowest BCUT2D eigenvalue weighted by Gasteiger charge is -2.33. The summed E-state index contributed by atoms with van der Waals surface area (Å²) in [5.74, 6) is -0.741. The van der Waals surface area contributed by atoms with Gasteiger partial charge in [-0.1, -0.05) is 70.4 Å². The summed E-state index contributed by atoms with van der Waals surface area (Å²) in [7, 11) is -4.08. The lowest BCUT2D eigenvalue weighted by Crippen LogP contribution is -2.52. The van der Waals surface area contributed by atoms with E-state index in [0.717, 1.165) is 25.5 Å². The van der Waals surface area contributed by atoms with E-state index in [2.05, 4.69) is 21.2 Å². The summed E-state index contributed by atoms with van der Waals surface area (Å²) in [6.07, 6.45) is 0.381. The Labute approximate surface area is 234 Å². The maximum Gasteiger partial charge on any atom is 0.264 e. The second-order valence-electron chi connectivity index (χ2n) is 9.13. The molecule has 0 unspecified atom stereocenters. The molecule has 0 saturated carbocycles. The number of amides is 2. The van der Waals surface area contributed by atoms with Gasteiger partial charge in [-0.2, -0.15) is 0 Å². The smallest absolute Gasteiger partial charge is 0.264 e. The number of halogens is 1. The number of nitrogens with zero attached hydrogens (tertiary/aromatic N) is 2. The Morgan fingerprint density at radius 1 is 0.868 bits per heavy atom. The summed E-state index contributed by atoms with van der Waals surface area (Å²) in [4.78, 5) is 28.5. The number of aryl methyl sites for hydroxylation is 2. The number of nitrogens with one attached hydrogen (secondary N) is 1. The molecule has 0 fully saturated rings. The molecule has 0 aromatic heterocycles. The van der Waals surface area contributed by atoms with Crippen LogP contribution in [0.15, 0.2) is 82.2 Å². The highest BCUT2D eigenvalue weighted by Gasteiger charge is 2.33. The molecule has 0 aliphatic carbocycles. The number of carbonyl (C=O) groups is 2. The third-order valence-electron chi connectivity index (χ3n) is 6.21. The number of anilines is 1. The van der Waals surface area contributed by atoms with Gasteiger partial charge < -0.3 is 10.2 Å². The van der Waals surface area contributed by atoms with Crippen molar-refractivity contribution in [1.29, 1.82) is 0 Å². The largest absolute Gasteiger partial charge is 0.355 e. The topological polar surface area (TPSA) is 86.8 Å². The second kappa shape index (κ2) is 13.1. The van der Waals surface area contributed by atoms with Crippen LogP contribution >= 0.6 is 15.9 Å². The molecule has 0 saturated heterocycles. The van der Waals surface area contributed by atoms with Crippen LogP contribution in [-0.2, 0) is 26.2 Å². The Balaban J connectivity index is 2.04. The Bertz CT molecular complexity index is 1340. The molecule has 0 aliphatic rings. The molecule has 7 nitrogen and oxygen atoms in total. The van der Waals surface area contributed by atoms with Gasteiger partial charge in [-0.3, -0.25) is 13.9 Å². The van der Waals surface area contributed by atoms with Crippen molar-refractivity contribution < 1.29 is 18.0 Å². The molecule has 9 heteroatoms. The lowest BCUT2D eigenvalue weighted by molar-refractivity contribution is -0.140. The maximum absolute atomic E-state index is 13.9. The van der Waals surface area contributed by atoms with Crippen molar-refractivity contribution in [3.8, 4) is 0 Å². The molecule has 1 atom stereocenters. The number of sulfonamides is 1. The minimum atomic E-state index is -4.08. The number of carbonyl (C=O) groups excluding carboxylic acids is 2. The normalized spacial score (nSPS) is 12.0. The molecule has 1 N–H and O–H groups in total. The predicted molar refractivity (Wildman–Crippen MR) is 154 cm³/mol. The highest BCUT2D eigenvalue weighted by Crippen LogP contribution is 2.26. The van der Waals surface area contributed by atoms with Gasteiger partial charge in [0.05, 0.1) is 10.6 Å². The fraction of sp³-hybridized carbons (Fsp3) is 0.310. The van der Waals surface area contributed by atoms with E-state index >= 15 is 0 Å². The molecule has 3 aromatic rings. The molecule has 0 bridgehead atoms. The quantitative estimate of drug-likeness (QED) is 0.328. The van der Waals surface area contributed by atoms with Crippen LogP contribution in [0, 0.1) is 13.8 Å². The van der Waals surface area contributed by atoms with E-state index in [9.17, 15) is 18.0 Å². The van der Waals surface area contributed by atoms with Gasteiger partial charge in [-0.15, -0.1) is 0 Å². The van der Waals surface area contributed by atoms with Crippen molar-refractivity contribution in [2.75, 3.05) is 17.4 Å². The Morgan fingerprint density at radius 2 is 1.42 bits per heavy atom. The number of hydrogen-bond donors (Lipinski definition) is 1. The van der Waals surface area contributed by atoms with E-state index in [1.165, 1.54) is 17.0 Å². The minimum Gasteiger partial charge on any atom is -0.355 e. The van der Waals surface area contributed by atoms with Crippen LogP contribution in [0.2, 0.25) is 0 Å². The first kappa shape index (κ1) is 29.4. The first-order valence-electron chi connectivity index (χ1n) is 12.5. The highest BCUT2D eigenvalue weighted by molar-refractivity contribution is 9.10. The molecule has 0 spiro atoms. The number of benzene rings is 3. The third-order valence-corrected chi connectivity index (χ3v) is 8.53. The summed E-state index contributed by atoms with van der Waals surface area (Å²) in [5, 5.41) is 2.81. The van der Waals surface area contributed by atoms with Gasteiger partial charge in [0, 0.05) is 17.6 Å². The van der Waals surface area contributed by atoms with Crippen molar-refractivity contribution >= 4 is 43.5 Å². The molecule has 0 radical (unpaired) electrons. The fourth-order valence-electron chi connectivity index (χ4n) is 4.08. The molecular weight excluding hydrogens is 566 g/mol. The average molecular weight is 601 g/mol. The molecular formula is C29H34BrN3O4S. The molecule has 38 heavy (non-hydrogen) atoms. The minimum absolute atomic E-state index is 0.0830. The number of rotatable bonds is 11. The average Bonchev–Trinajstić information content (AvgIpc) is 2.89.